The molecule has 0 aliphatic heterocycles. The molecule has 1 amide bonds. The topological polar surface area (TPSA) is 62.2 Å². The third kappa shape index (κ3) is 7.00. The van der Waals surface area contributed by atoms with Gasteiger partial charge in [-0.3, -0.25) is 4.79 Å². The molecule has 33 heavy (non-hydrogen) atoms. The molecule has 170 valence electrons. The predicted octanol–water partition coefficient (Wildman–Crippen LogP) is 7.20. The Morgan fingerprint density at radius 2 is 2.03 bits per heavy atom. The zero-order valence-electron chi connectivity index (χ0n) is 18.1. The van der Waals surface area contributed by atoms with Gasteiger partial charge in [-0.05, 0) is 68.5 Å². The Bertz CT molecular complexity index is 1170. The van der Waals surface area contributed by atoms with Crippen molar-refractivity contribution >= 4 is 49.1 Å². The Hall–Kier alpha value is -2.48. The minimum atomic E-state index is -0.206. The average Bonchev–Trinajstić information content (AvgIpc) is 3.08. The van der Waals surface area contributed by atoms with E-state index in [0.717, 1.165) is 33.8 Å². The Labute approximate surface area is 215 Å². The fourth-order valence-corrected chi connectivity index (χ4v) is 5.27. The van der Waals surface area contributed by atoms with Gasteiger partial charge in [0.05, 0.1) is 27.1 Å². The van der Waals surface area contributed by atoms with Crippen molar-refractivity contribution in [1.29, 1.82) is 0 Å². The monoisotopic (exact) mass is 586 g/mol. The zero-order chi connectivity index (χ0) is 23.8. The normalized spacial score (nSPS) is 14.8. The molecule has 1 aliphatic carbocycles. The number of carbonyl (C=O) groups excluding carboxylic acids is 1. The molecule has 1 unspecified atom stereocenters. The van der Waals surface area contributed by atoms with Crippen molar-refractivity contribution in [2.24, 2.45) is 0 Å². The number of hydrogen-bond acceptors (Lipinski definition) is 4. The molecule has 0 spiro atoms. The minimum Gasteiger partial charge on any atom is -0.506 e. The number of rotatable bonds is 8. The van der Waals surface area contributed by atoms with Crippen LogP contribution in [-0.2, 0) is 11.2 Å². The molecule has 3 rings (SSSR count). The van der Waals surface area contributed by atoms with Crippen LogP contribution in [0.3, 0.4) is 0 Å². The number of hydrogen-bond donors (Lipinski definition) is 2. The summed E-state index contributed by atoms with van der Waals surface area (Å²) in [5.41, 5.74) is 3.76. The van der Waals surface area contributed by atoms with Crippen LogP contribution < -0.4 is 5.32 Å². The molecule has 4 nitrogen and oxygen atoms in total. The fraction of sp³-hybridized carbons (Fsp3) is 0.154. The van der Waals surface area contributed by atoms with Crippen molar-refractivity contribution in [2.75, 3.05) is 0 Å². The molecule has 1 aromatic heterocycles. The van der Waals surface area contributed by atoms with Gasteiger partial charge < -0.3 is 10.4 Å². The Morgan fingerprint density at radius 3 is 2.76 bits per heavy atom. The van der Waals surface area contributed by atoms with Crippen LogP contribution in [0, 0.1) is 0 Å². The predicted molar refractivity (Wildman–Crippen MR) is 144 cm³/mol. The van der Waals surface area contributed by atoms with E-state index in [1.165, 1.54) is 11.3 Å². The second-order valence-corrected chi connectivity index (χ2v) is 10.0. The average molecular weight is 588 g/mol. The summed E-state index contributed by atoms with van der Waals surface area (Å²) < 4.78 is 1.16. The number of amides is 1. The van der Waals surface area contributed by atoms with Crippen molar-refractivity contribution in [3.05, 3.63) is 104 Å². The molecule has 7 heteroatoms. The first kappa shape index (κ1) is 25.1. The Kier molecular flexibility index (Phi) is 9.23. The Morgan fingerprint density at radius 1 is 1.27 bits per heavy atom. The lowest BCUT2D eigenvalue weighted by Gasteiger charge is -2.22. The number of allylic oxidation sites excluding steroid dienone is 9. The van der Waals surface area contributed by atoms with Gasteiger partial charge in [-0.25, -0.2) is 4.98 Å². The van der Waals surface area contributed by atoms with Crippen molar-refractivity contribution in [2.45, 2.75) is 25.8 Å². The molecule has 1 atom stereocenters. The van der Waals surface area contributed by atoms with E-state index in [0.29, 0.717) is 8.95 Å². The lowest BCUT2D eigenvalue weighted by molar-refractivity contribution is -0.120. The summed E-state index contributed by atoms with van der Waals surface area (Å²) in [7, 11) is 0. The molecule has 0 radical (unpaired) electrons. The number of phenols is 1. The summed E-state index contributed by atoms with van der Waals surface area (Å²) in [6.45, 7) is 5.71. The number of aromatic hydroxyl groups is 1. The molecule has 0 saturated carbocycles. The minimum absolute atomic E-state index is 0.0903. The number of carbonyl (C=O) groups is 1. The third-order valence-electron chi connectivity index (χ3n) is 4.94. The second kappa shape index (κ2) is 12.1. The smallest absolute Gasteiger partial charge is 0.227 e. The SMILES string of the molecule is C=C/C=C\C=C(/C)C(NC(=O)Cc1nc(-c2cc(Br)c(O)c(Br)c2)cs1)C1=CC=CC=CC1. The second-order valence-electron chi connectivity index (χ2n) is 7.38. The molecule has 0 fully saturated rings. The number of nitrogens with zero attached hydrogens (tertiary/aromatic N) is 1. The highest BCUT2D eigenvalue weighted by molar-refractivity contribution is 9.11. The summed E-state index contributed by atoms with van der Waals surface area (Å²) in [5.74, 6) is 0.0519. The Balaban J connectivity index is 1.76. The van der Waals surface area contributed by atoms with Gasteiger partial charge in [0.25, 0.3) is 0 Å². The molecule has 0 bridgehead atoms. The molecular weight excluding hydrogens is 564 g/mol. The van der Waals surface area contributed by atoms with Crippen LogP contribution in [0.1, 0.15) is 18.4 Å². The molecule has 1 heterocycles. The van der Waals surface area contributed by atoms with Crippen LogP contribution in [-0.4, -0.2) is 22.0 Å². The van der Waals surface area contributed by atoms with Gasteiger partial charge in [0.2, 0.25) is 5.91 Å². The van der Waals surface area contributed by atoms with Gasteiger partial charge in [0.1, 0.15) is 10.8 Å². The highest BCUT2D eigenvalue weighted by atomic mass is 79.9. The largest absolute Gasteiger partial charge is 0.506 e. The molecule has 1 aliphatic rings. The maximum atomic E-state index is 13.0. The van der Waals surface area contributed by atoms with Gasteiger partial charge in [-0.1, -0.05) is 61.3 Å². The van der Waals surface area contributed by atoms with Gasteiger partial charge in [0, 0.05) is 10.9 Å². The molecule has 2 aromatic rings. The lowest BCUT2D eigenvalue weighted by atomic mass is 9.96. The standard InChI is InChI=1S/C26H24Br2N2O2S/c1-3-4-7-10-17(2)25(18-11-8-5-6-9-12-18)30-23(31)15-24-29-22(16-33-24)19-13-20(27)26(32)21(28)14-19/h3-11,13-14,16,25,32H,1,12,15H2,2H3,(H,30,31)/b7-4-,17-10+. The van der Waals surface area contributed by atoms with Crippen molar-refractivity contribution < 1.29 is 9.90 Å². The molecular formula is C26H24Br2N2O2S. The van der Waals surface area contributed by atoms with Crippen LogP contribution in [0.2, 0.25) is 0 Å². The first-order valence-corrected chi connectivity index (χ1v) is 12.8. The van der Waals surface area contributed by atoms with E-state index in [-0.39, 0.29) is 24.1 Å². The van der Waals surface area contributed by atoms with Crippen LogP contribution in [0.25, 0.3) is 11.3 Å². The van der Waals surface area contributed by atoms with E-state index in [9.17, 15) is 9.90 Å². The van der Waals surface area contributed by atoms with E-state index in [1.54, 1.807) is 18.2 Å². The lowest BCUT2D eigenvalue weighted by Crippen LogP contribution is -2.38. The van der Waals surface area contributed by atoms with Gasteiger partial charge in [-0.15, -0.1) is 11.3 Å². The highest BCUT2D eigenvalue weighted by Crippen LogP contribution is 2.37. The number of thiazole rings is 1. The van der Waals surface area contributed by atoms with Crippen LogP contribution in [0.4, 0.5) is 0 Å². The first-order chi connectivity index (χ1) is 15.9. The number of halogens is 2. The number of nitrogens with one attached hydrogen (secondary N) is 1. The molecule has 2 N–H and O–H groups in total. The number of aromatic nitrogens is 1. The number of benzene rings is 1. The summed E-state index contributed by atoms with van der Waals surface area (Å²) >= 11 is 8.14. The summed E-state index contributed by atoms with van der Waals surface area (Å²) in [4.78, 5) is 17.6. The van der Waals surface area contributed by atoms with E-state index in [2.05, 4.69) is 60.9 Å². The molecule has 1 aromatic carbocycles. The van der Waals surface area contributed by atoms with Crippen molar-refractivity contribution in [3.63, 3.8) is 0 Å². The van der Waals surface area contributed by atoms with Crippen LogP contribution >= 0.6 is 43.2 Å². The van der Waals surface area contributed by atoms with Crippen LogP contribution in [0.15, 0.2) is 98.9 Å². The van der Waals surface area contributed by atoms with Gasteiger partial charge in [-0.2, -0.15) is 0 Å². The van der Waals surface area contributed by atoms with Gasteiger partial charge >= 0.3 is 0 Å². The van der Waals surface area contributed by atoms with Gasteiger partial charge in [0.15, 0.2) is 0 Å². The fourth-order valence-electron chi connectivity index (χ4n) is 3.28. The maximum Gasteiger partial charge on any atom is 0.227 e. The summed E-state index contributed by atoms with van der Waals surface area (Å²) in [5, 5.41) is 15.8. The van der Waals surface area contributed by atoms with Crippen molar-refractivity contribution in [1.82, 2.24) is 10.3 Å². The van der Waals surface area contributed by atoms with E-state index in [1.807, 2.05) is 48.8 Å². The first-order valence-electron chi connectivity index (χ1n) is 10.3. The van der Waals surface area contributed by atoms with E-state index in [4.69, 9.17) is 0 Å². The highest BCUT2D eigenvalue weighted by Gasteiger charge is 2.19. The van der Waals surface area contributed by atoms with E-state index < -0.39 is 0 Å². The van der Waals surface area contributed by atoms with Crippen molar-refractivity contribution in [3.8, 4) is 17.0 Å². The summed E-state index contributed by atoms with van der Waals surface area (Å²) in [6.07, 6.45) is 18.6. The number of phenolic OH excluding ortho intramolecular Hbond substituents is 1. The molecule has 0 saturated heterocycles. The third-order valence-corrected chi connectivity index (χ3v) is 6.99. The summed E-state index contributed by atoms with van der Waals surface area (Å²) in [6, 6.07) is 3.40. The van der Waals surface area contributed by atoms with Crippen LogP contribution in [0.5, 0.6) is 5.75 Å². The quantitative estimate of drug-likeness (QED) is 0.321. The maximum absolute atomic E-state index is 13.0. The van der Waals surface area contributed by atoms with E-state index >= 15 is 0 Å². The zero-order valence-corrected chi connectivity index (χ0v) is 22.1.